The molecule has 2 heterocycles. The van der Waals surface area contributed by atoms with Crippen LogP contribution in [-0.2, 0) is 14.8 Å². The van der Waals surface area contributed by atoms with Gasteiger partial charge in [0.05, 0.1) is 17.1 Å². The molecule has 0 bridgehead atoms. The largest absolute Gasteiger partial charge is 0.372 e. The summed E-state index contributed by atoms with van der Waals surface area (Å²) >= 11 is 0. The third-order valence-corrected chi connectivity index (χ3v) is 6.99. The van der Waals surface area contributed by atoms with Gasteiger partial charge in [-0.2, -0.15) is 4.31 Å². The predicted octanol–water partition coefficient (Wildman–Crippen LogP) is 2.42. The predicted molar refractivity (Wildman–Crippen MR) is 99.7 cm³/mol. The summed E-state index contributed by atoms with van der Waals surface area (Å²) in [6, 6.07) is 4.89. The van der Waals surface area contributed by atoms with Crippen molar-refractivity contribution in [3.05, 3.63) is 29.3 Å². The molecule has 2 aliphatic heterocycles. The molecular formula is C19H28N2O4S. The Labute approximate surface area is 156 Å². The normalized spacial score (nSPS) is 25.3. The minimum Gasteiger partial charge on any atom is -0.372 e. The van der Waals surface area contributed by atoms with Crippen LogP contribution in [0.15, 0.2) is 23.1 Å². The number of aryl methyl sites for hydroxylation is 1. The van der Waals surface area contributed by atoms with Gasteiger partial charge in [-0.25, -0.2) is 8.42 Å². The van der Waals surface area contributed by atoms with Crippen LogP contribution in [0.25, 0.3) is 0 Å². The molecule has 2 unspecified atom stereocenters. The number of sulfonamides is 1. The molecule has 1 aromatic rings. The fourth-order valence-electron chi connectivity index (χ4n) is 3.76. The molecule has 0 N–H and O–H groups in total. The van der Waals surface area contributed by atoms with E-state index in [1.54, 1.807) is 23.1 Å². The van der Waals surface area contributed by atoms with Gasteiger partial charge < -0.3 is 9.64 Å². The first-order chi connectivity index (χ1) is 12.3. The van der Waals surface area contributed by atoms with Crippen LogP contribution in [0.5, 0.6) is 0 Å². The first kappa shape index (κ1) is 19.3. The number of carbonyl (C=O) groups excluding carboxylic acids is 1. The number of ether oxygens (including phenoxy) is 1. The van der Waals surface area contributed by atoms with Crippen LogP contribution < -0.4 is 0 Å². The van der Waals surface area contributed by atoms with E-state index in [9.17, 15) is 13.2 Å². The molecule has 1 aromatic carbocycles. The Balaban J connectivity index is 1.89. The molecule has 7 heteroatoms. The van der Waals surface area contributed by atoms with Gasteiger partial charge in [-0.1, -0.05) is 12.5 Å². The first-order valence-corrected chi connectivity index (χ1v) is 10.8. The molecule has 2 aliphatic rings. The zero-order valence-corrected chi connectivity index (χ0v) is 16.6. The third kappa shape index (κ3) is 3.94. The highest BCUT2D eigenvalue weighted by atomic mass is 32.2. The van der Waals surface area contributed by atoms with Crippen LogP contribution in [0, 0.1) is 6.92 Å². The maximum absolute atomic E-state index is 13.0. The van der Waals surface area contributed by atoms with Crippen molar-refractivity contribution in [1.82, 2.24) is 9.21 Å². The molecule has 26 heavy (non-hydrogen) atoms. The standard InChI is InChI=1S/C19H28N2O4S/c1-14-7-8-17(26(23,24)21-9-5-4-6-10-21)11-18(14)19(22)20-12-15(2)25-16(3)13-20/h7-8,11,15-16H,4-6,9-10,12-13H2,1-3H3. The average molecular weight is 381 g/mol. The van der Waals surface area contributed by atoms with E-state index >= 15 is 0 Å². The number of benzene rings is 1. The lowest BCUT2D eigenvalue weighted by atomic mass is 10.1. The van der Waals surface area contributed by atoms with E-state index in [1.165, 1.54) is 4.31 Å². The van der Waals surface area contributed by atoms with Crippen LogP contribution in [0.2, 0.25) is 0 Å². The van der Waals surface area contributed by atoms with Gasteiger partial charge >= 0.3 is 0 Å². The Morgan fingerprint density at radius 1 is 1.08 bits per heavy atom. The third-order valence-electron chi connectivity index (χ3n) is 5.10. The molecular weight excluding hydrogens is 352 g/mol. The minimum atomic E-state index is -3.55. The van der Waals surface area contributed by atoms with Gasteiger partial charge in [-0.3, -0.25) is 4.79 Å². The van der Waals surface area contributed by atoms with Crippen molar-refractivity contribution in [1.29, 1.82) is 0 Å². The van der Waals surface area contributed by atoms with Crippen LogP contribution >= 0.6 is 0 Å². The van der Waals surface area contributed by atoms with Crippen LogP contribution in [0.3, 0.4) is 0 Å². The van der Waals surface area contributed by atoms with Gasteiger partial charge in [0.2, 0.25) is 10.0 Å². The van der Waals surface area contributed by atoms with Crippen molar-refractivity contribution >= 4 is 15.9 Å². The van der Waals surface area contributed by atoms with E-state index in [0.717, 1.165) is 24.8 Å². The molecule has 0 radical (unpaired) electrons. The Bertz CT molecular complexity index is 762. The van der Waals surface area contributed by atoms with Gasteiger partial charge in [0.25, 0.3) is 5.91 Å². The summed E-state index contributed by atoms with van der Waals surface area (Å²) in [5, 5.41) is 0. The summed E-state index contributed by atoms with van der Waals surface area (Å²) in [6.07, 6.45) is 2.80. The van der Waals surface area contributed by atoms with Gasteiger partial charge in [-0.05, 0) is 51.3 Å². The number of hydrogen-bond donors (Lipinski definition) is 0. The SMILES string of the molecule is Cc1ccc(S(=O)(=O)N2CCCCC2)cc1C(=O)N1CC(C)OC(C)C1. The minimum absolute atomic E-state index is 0.0247. The number of carbonyl (C=O) groups is 1. The summed E-state index contributed by atoms with van der Waals surface area (Å²) in [6.45, 7) is 7.88. The average Bonchev–Trinajstić information content (AvgIpc) is 2.61. The molecule has 6 nitrogen and oxygen atoms in total. The number of amides is 1. The first-order valence-electron chi connectivity index (χ1n) is 9.34. The molecule has 144 valence electrons. The molecule has 2 atom stereocenters. The van der Waals surface area contributed by atoms with E-state index in [1.807, 2.05) is 20.8 Å². The molecule has 0 saturated carbocycles. The Kier molecular flexibility index (Phi) is 5.69. The topological polar surface area (TPSA) is 66.9 Å². The Hall–Kier alpha value is -1.44. The van der Waals surface area contributed by atoms with Crippen molar-refractivity contribution in [3.63, 3.8) is 0 Å². The maximum Gasteiger partial charge on any atom is 0.254 e. The zero-order chi connectivity index (χ0) is 18.9. The zero-order valence-electron chi connectivity index (χ0n) is 15.8. The van der Waals surface area contributed by atoms with Crippen molar-refractivity contribution in [2.75, 3.05) is 26.2 Å². The fraction of sp³-hybridized carbons (Fsp3) is 0.632. The number of rotatable bonds is 3. The smallest absolute Gasteiger partial charge is 0.254 e. The van der Waals surface area contributed by atoms with Crippen molar-refractivity contribution in [2.45, 2.75) is 57.1 Å². The maximum atomic E-state index is 13.0. The second-order valence-electron chi connectivity index (χ2n) is 7.41. The fourth-order valence-corrected chi connectivity index (χ4v) is 5.30. The number of hydrogen-bond acceptors (Lipinski definition) is 4. The van der Waals surface area contributed by atoms with Crippen molar-refractivity contribution < 1.29 is 17.9 Å². The van der Waals surface area contributed by atoms with E-state index in [2.05, 4.69) is 0 Å². The highest BCUT2D eigenvalue weighted by molar-refractivity contribution is 7.89. The van der Waals surface area contributed by atoms with E-state index in [4.69, 9.17) is 4.74 Å². The molecule has 0 aliphatic carbocycles. The summed E-state index contributed by atoms with van der Waals surface area (Å²) in [5.74, 6) is -0.125. The summed E-state index contributed by atoms with van der Waals surface area (Å²) < 4.78 is 33.1. The van der Waals surface area contributed by atoms with E-state index < -0.39 is 10.0 Å². The van der Waals surface area contributed by atoms with Gasteiger partial charge in [0, 0.05) is 31.7 Å². The summed E-state index contributed by atoms with van der Waals surface area (Å²) in [7, 11) is -3.55. The van der Waals surface area contributed by atoms with Crippen molar-refractivity contribution in [3.8, 4) is 0 Å². The van der Waals surface area contributed by atoms with E-state index in [0.29, 0.717) is 31.7 Å². The monoisotopic (exact) mass is 380 g/mol. The molecule has 1 amide bonds. The van der Waals surface area contributed by atoms with E-state index in [-0.39, 0.29) is 23.0 Å². The molecule has 0 aromatic heterocycles. The molecule has 2 fully saturated rings. The highest BCUT2D eigenvalue weighted by Gasteiger charge is 2.30. The molecule has 2 saturated heterocycles. The van der Waals surface area contributed by atoms with Crippen LogP contribution in [-0.4, -0.2) is 61.9 Å². The lowest BCUT2D eigenvalue weighted by molar-refractivity contribution is -0.0586. The Morgan fingerprint density at radius 2 is 1.69 bits per heavy atom. The van der Waals surface area contributed by atoms with Crippen LogP contribution in [0.1, 0.15) is 49.0 Å². The summed E-state index contributed by atoms with van der Waals surface area (Å²) in [5.41, 5.74) is 1.25. The van der Waals surface area contributed by atoms with Crippen molar-refractivity contribution in [2.24, 2.45) is 0 Å². The highest BCUT2D eigenvalue weighted by Crippen LogP contribution is 2.24. The lowest BCUT2D eigenvalue weighted by Crippen LogP contribution is -2.48. The summed E-state index contributed by atoms with van der Waals surface area (Å²) in [4.78, 5) is 15.0. The quantitative estimate of drug-likeness (QED) is 0.808. The van der Waals surface area contributed by atoms with Gasteiger partial charge in [0.15, 0.2) is 0 Å². The van der Waals surface area contributed by atoms with Gasteiger partial charge in [-0.15, -0.1) is 0 Å². The van der Waals surface area contributed by atoms with Crippen LogP contribution in [0.4, 0.5) is 0 Å². The number of piperidine rings is 1. The van der Waals surface area contributed by atoms with Gasteiger partial charge in [0.1, 0.15) is 0 Å². The number of nitrogens with zero attached hydrogens (tertiary/aromatic N) is 2. The molecule has 3 rings (SSSR count). The molecule has 0 spiro atoms. The Morgan fingerprint density at radius 3 is 2.31 bits per heavy atom. The second-order valence-corrected chi connectivity index (χ2v) is 9.35. The number of morpholine rings is 1. The lowest BCUT2D eigenvalue weighted by Gasteiger charge is -2.35. The second kappa shape index (κ2) is 7.66.